The minimum atomic E-state index is -3.50. The van der Waals surface area contributed by atoms with Gasteiger partial charge in [0.2, 0.25) is 10.0 Å². The van der Waals surface area contributed by atoms with Gasteiger partial charge in [-0.3, -0.25) is 9.10 Å². The van der Waals surface area contributed by atoms with E-state index in [1.54, 1.807) is 36.4 Å². The van der Waals surface area contributed by atoms with E-state index in [1.165, 1.54) is 10.4 Å². The third-order valence-corrected chi connectivity index (χ3v) is 5.61. The first-order chi connectivity index (χ1) is 12.3. The lowest BCUT2D eigenvalue weighted by molar-refractivity contribution is -0.122. The fourth-order valence-electron chi connectivity index (χ4n) is 2.66. The molecule has 1 unspecified atom stereocenters. The Balaban J connectivity index is 1.85. The van der Waals surface area contributed by atoms with Crippen LogP contribution in [0, 0.1) is 0 Å². The van der Waals surface area contributed by atoms with Gasteiger partial charge in [0.1, 0.15) is 5.75 Å². The summed E-state index contributed by atoms with van der Waals surface area (Å²) in [5.41, 5.74) is 0.817. The first-order valence-electron chi connectivity index (χ1n) is 7.75. The van der Waals surface area contributed by atoms with Crippen LogP contribution in [-0.2, 0) is 14.8 Å². The summed E-state index contributed by atoms with van der Waals surface area (Å²) in [6.07, 6.45) is 0.450. The van der Waals surface area contributed by atoms with Crippen molar-refractivity contribution in [3.8, 4) is 5.75 Å². The quantitative estimate of drug-likeness (QED) is 0.832. The highest BCUT2D eigenvalue weighted by molar-refractivity contribution is 7.92. The number of nitrogens with one attached hydrogen (secondary N) is 1. The Bertz CT molecular complexity index is 950. The molecule has 0 fully saturated rings. The van der Waals surface area contributed by atoms with Gasteiger partial charge in [0.15, 0.2) is 6.10 Å². The molecule has 0 radical (unpaired) electrons. The first kappa shape index (κ1) is 18.8. The van der Waals surface area contributed by atoms with Gasteiger partial charge < -0.3 is 10.1 Å². The molecule has 1 aliphatic heterocycles. The third-order valence-electron chi connectivity index (χ3n) is 3.88. The predicted molar refractivity (Wildman–Crippen MR) is 103 cm³/mol. The van der Waals surface area contributed by atoms with Crippen molar-refractivity contribution in [1.29, 1.82) is 0 Å². The zero-order valence-electron chi connectivity index (χ0n) is 13.8. The van der Waals surface area contributed by atoms with E-state index in [9.17, 15) is 13.2 Å². The number of fused-ring (bicyclic) bond motifs is 1. The number of sulfonamides is 1. The van der Waals surface area contributed by atoms with E-state index in [0.29, 0.717) is 27.2 Å². The van der Waals surface area contributed by atoms with Crippen LogP contribution in [-0.4, -0.2) is 33.2 Å². The van der Waals surface area contributed by atoms with Crippen molar-refractivity contribution < 1.29 is 17.9 Å². The Kier molecular flexibility index (Phi) is 5.32. The standard InChI is InChI=1S/C17H16Cl2N2O4S/c1-26(23,24)21-9-8-16(25-15-5-3-2-4-14(15)21)17(22)20-13-7-6-11(18)10-12(13)19/h2-7,10,16H,8-9H2,1H3,(H,20,22). The number of anilines is 2. The average molecular weight is 415 g/mol. The van der Waals surface area contributed by atoms with Gasteiger partial charge in [0.05, 0.1) is 22.7 Å². The normalized spacial score (nSPS) is 17.0. The van der Waals surface area contributed by atoms with E-state index in [-0.39, 0.29) is 13.0 Å². The fraction of sp³-hybridized carbons (Fsp3) is 0.235. The molecule has 1 heterocycles. The molecule has 0 spiro atoms. The summed E-state index contributed by atoms with van der Waals surface area (Å²) in [6, 6.07) is 11.4. The number of hydrogen-bond acceptors (Lipinski definition) is 4. The number of rotatable bonds is 3. The number of halogens is 2. The van der Waals surface area contributed by atoms with Crippen molar-refractivity contribution in [1.82, 2.24) is 0 Å². The summed E-state index contributed by atoms with van der Waals surface area (Å²) in [5.74, 6) is -0.0860. The lowest BCUT2D eigenvalue weighted by Gasteiger charge is -2.20. The van der Waals surface area contributed by atoms with Crippen LogP contribution in [0.15, 0.2) is 42.5 Å². The Hall–Kier alpha value is -1.96. The Morgan fingerprint density at radius 2 is 1.96 bits per heavy atom. The second-order valence-electron chi connectivity index (χ2n) is 5.81. The molecule has 0 saturated heterocycles. The number of hydrogen-bond donors (Lipinski definition) is 1. The molecular weight excluding hydrogens is 399 g/mol. The van der Waals surface area contributed by atoms with Crippen molar-refractivity contribution >= 4 is 50.5 Å². The number of nitrogens with zero attached hydrogens (tertiary/aromatic N) is 1. The summed E-state index contributed by atoms with van der Waals surface area (Å²) >= 11 is 11.9. The van der Waals surface area contributed by atoms with Crippen LogP contribution in [0.3, 0.4) is 0 Å². The summed E-state index contributed by atoms with van der Waals surface area (Å²) < 4.78 is 31.2. The summed E-state index contributed by atoms with van der Waals surface area (Å²) in [7, 11) is -3.50. The van der Waals surface area contributed by atoms with Gasteiger partial charge in [-0.1, -0.05) is 35.3 Å². The largest absolute Gasteiger partial charge is 0.478 e. The second kappa shape index (κ2) is 7.34. The minimum absolute atomic E-state index is 0.127. The number of para-hydroxylation sites is 2. The molecule has 6 nitrogen and oxygen atoms in total. The molecule has 2 aromatic carbocycles. The summed E-state index contributed by atoms with van der Waals surface area (Å²) in [4.78, 5) is 12.6. The molecule has 0 bridgehead atoms. The molecule has 2 aromatic rings. The fourth-order valence-corrected chi connectivity index (χ4v) is 4.06. The Morgan fingerprint density at radius 1 is 1.23 bits per heavy atom. The van der Waals surface area contributed by atoms with Crippen molar-refractivity contribution in [2.24, 2.45) is 0 Å². The molecule has 138 valence electrons. The summed E-state index contributed by atoms with van der Waals surface area (Å²) in [6.45, 7) is 0.127. The summed E-state index contributed by atoms with van der Waals surface area (Å²) in [5, 5.41) is 3.46. The topological polar surface area (TPSA) is 75.7 Å². The van der Waals surface area contributed by atoms with Gasteiger partial charge in [-0.15, -0.1) is 0 Å². The number of carbonyl (C=O) groups is 1. The highest BCUT2D eigenvalue weighted by Crippen LogP contribution is 2.34. The molecule has 1 atom stereocenters. The molecular formula is C17H16Cl2N2O4S. The van der Waals surface area contributed by atoms with Gasteiger partial charge in [0.25, 0.3) is 5.91 Å². The maximum Gasteiger partial charge on any atom is 0.265 e. The number of ether oxygens (including phenoxy) is 1. The van der Waals surface area contributed by atoms with Gasteiger partial charge >= 0.3 is 0 Å². The average Bonchev–Trinajstić information content (AvgIpc) is 2.76. The van der Waals surface area contributed by atoms with Gasteiger partial charge in [-0.25, -0.2) is 8.42 Å². The van der Waals surface area contributed by atoms with Gasteiger partial charge in [0, 0.05) is 18.0 Å². The monoisotopic (exact) mass is 414 g/mol. The number of carbonyl (C=O) groups excluding carboxylic acids is 1. The number of benzene rings is 2. The zero-order valence-corrected chi connectivity index (χ0v) is 16.1. The molecule has 1 aliphatic rings. The van der Waals surface area contributed by atoms with Crippen LogP contribution in [0.4, 0.5) is 11.4 Å². The van der Waals surface area contributed by atoms with E-state index in [2.05, 4.69) is 5.32 Å². The highest BCUT2D eigenvalue weighted by Gasteiger charge is 2.31. The third kappa shape index (κ3) is 4.06. The molecule has 0 saturated carbocycles. The van der Waals surface area contributed by atoms with Crippen LogP contribution in [0.1, 0.15) is 6.42 Å². The maximum absolute atomic E-state index is 12.6. The van der Waals surface area contributed by atoms with E-state index < -0.39 is 22.0 Å². The first-order valence-corrected chi connectivity index (χ1v) is 10.4. The number of amides is 1. The van der Waals surface area contributed by atoms with Gasteiger partial charge in [-0.2, -0.15) is 0 Å². The maximum atomic E-state index is 12.6. The smallest absolute Gasteiger partial charge is 0.265 e. The lowest BCUT2D eigenvalue weighted by atomic mass is 10.2. The minimum Gasteiger partial charge on any atom is -0.478 e. The molecule has 26 heavy (non-hydrogen) atoms. The molecule has 1 amide bonds. The van der Waals surface area contributed by atoms with E-state index in [0.717, 1.165) is 6.26 Å². The van der Waals surface area contributed by atoms with Crippen LogP contribution in [0.2, 0.25) is 10.0 Å². The van der Waals surface area contributed by atoms with Crippen LogP contribution in [0.25, 0.3) is 0 Å². The van der Waals surface area contributed by atoms with Crippen LogP contribution < -0.4 is 14.4 Å². The zero-order chi connectivity index (χ0) is 18.9. The highest BCUT2D eigenvalue weighted by atomic mass is 35.5. The molecule has 3 rings (SSSR count). The van der Waals surface area contributed by atoms with E-state index in [1.807, 2.05) is 0 Å². The van der Waals surface area contributed by atoms with Crippen LogP contribution in [0.5, 0.6) is 5.75 Å². The Labute approximate surface area is 161 Å². The molecule has 9 heteroatoms. The SMILES string of the molecule is CS(=O)(=O)N1CCC(C(=O)Nc2ccc(Cl)cc2Cl)Oc2ccccc21. The van der Waals surface area contributed by atoms with Gasteiger partial charge in [-0.05, 0) is 30.3 Å². The van der Waals surface area contributed by atoms with Crippen molar-refractivity contribution in [2.45, 2.75) is 12.5 Å². The van der Waals surface area contributed by atoms with Crippen molar-refractivity contribution in [3.63, 3.8) is 0 Å². The molecule has 0 aromatic heterocycles. The van der Waals surface area contributed by atoms with Crippen LogP contribution >= 0.6 is 23.2 Å². The lowest BCUT2D eigenvalue weighted by Crippen LogP contribution is -2.36. The van der Waals surface area contributed by atoms with E-state index in [4.69, 9.17) is 27.9 Å². The molecule has 0 aliphatic carbocycles. The Morgan fingerprint density at radius 3 is 2.65 bits per heavy atom. The molecule has 1 N–H and O–H groups in total. The van der Waals surface area contributed by atoms with Crippen molar-refractivity contribution in [2.75, 3.05) is 22.4 Å². The van der Waals surface area contributed by atoms with Crippen molar-refractivity contribution in [3.05, 3.63) is 52.5 Å². The van der Waals surface area contributed by atoms with E-state index >= 15 is 0 Å². The second-order valence-corrected chi connectivity index (χ2v) is 8.56. The predicted octanol–water partition coefficient (Wildman–Crippen LogP) is 3.55.